The van der Waals surface area contributed by atoms with Gasteiger partial charge < -0.3 is 57.7 Å². The Bertz CT molecular complexity index is 4430. The maximum Gasteiger partial charge on any atom is 0.253 e. The van der Waals surface area contributed by atoms with Gasteiger partial charge in [0.15, 0.2) is 0 Å². The molecule has 11 aliphatic rings. The summed E-state index contributed by atoms with van der Waals surface area (Å²) < 4.78 is 41.8. The molecule has 5 unspecified atom stereocenters. The number of unbranched alkanes of at least 4 members (excludes halogenated alkanes) is 5. The minimum absolute atomic E-state index is 0.0201. The van der Waals surface area contributed by atoms with Gasteiger partial charge in [-0.3, -0.25) is 24.0 Å². The zero-order valence-electron chi connectivity index (χ0n) is 77.2. The van der Waals surface area contributed by atoms with Gasteiger partial charge in [0.2, 0.25) is 0 Å². The van der Waals surface area contributed by atoms with Crippen LogP contribution >= 0.6 is 11.8 Å². The highest BCUT2D eigenvalue weighted by Crippen LogP contribution is 2.48. The molecule has 0 aromatic heterocycles. The molecule has 0 N–H and O–H groups in total. The van der Waals surface area contributed by atoms with E-state index >= 15 is 0 Å². The summed E-state index contributed by atoms with van der Waals surface area (Å²) in [7, 11) is 1.74. The lowest BCUT2D eigenvalue weighted by Gasteiger charge is -2.28. The summed E-state index contributed by atoms with van der Waals surface area (Å²) in [6.07, 6.45) is 41.6. The number of fused-ring (bicyclic) bond motifs is 5. The molecule has 1 aliphatic carbocycles. The Morgan fingerprint density at radius 1 is 0.384 bits per heavy atom. The Morgan fingerprint density at radius 2 is 0.752 bits per heavy atom. The Morgan fingerprint density at radius 3 is 1.18 bits per heavy atom. The first-order chi connectivity index (χ1) is 60.8. The van der Waals surface area contributed by atoms with E-state index in [2.05, 4.69) is 115 Å². The Balaban J connectivity index is 0.000000134. The van der Waals surface area contributed by atoms with Gasteiger partial charge in [-0.1, -0.05) is 172 Å². The molecule has 1 saturated carbocycles. The number of rotatable bonds is 26. The van der Waals surface area contributed by atoms with E-state index in [1.807, 2.05) is 103 Å². The topological polar surface area (TPSA) is 166 Å². The van der Waals surface area contributed by atoms with E-state index in [-0.39, 0.29) is 56.6 Å². The van der Waals surface area contributed by atoms with Crippen LogP contribution in [0.1, 0.15) is 326 Å². The lowest BCUT2D eigenvalue weighted by Crippen LogP contribution is -2.36. The first kappa shape index (κ1) is 94.3. The van der Waals surface area contributed by atoms with Crippen LogP contribution in [0.4, 0.5) is 0 Å². The van der Waals surface area contributed by atoms with E-state index in [0.717, 1.165) is 230 Å². The predicted molar refractivity (Wildman–Crippen MR) is 504 cm³/mol. The van der Waals surface area contributed by atoms with E-state index in [9.17, 15) is 24.0 Å². The quantitative estimate of drug-likeness (QED) is 0.0372. The van der Waals surface area contributed by atoms with Crippen LogP contribution in [0.2, 0.25) is 0 Å². The van der Waals surface area contributed by atoms with E-state index in [1.165, 1.54) is 149 Å². The number of likely N-dealkylation sites (tertiary alicyclic amines) is 5. The van der Waals surface area contributed by atoms with Gasteiger partial charge in [0.1, 0.15) is 35.4 Å². The fourth-order valence-corrected chi connectivity index (χ4v) is 21.4. The summed E-state index contributed by atoms with van der Waals surface area (Å²) in [5, 5.41) is 0. The van der Waals surface area contributed by atoms with Crippen LogP contribution < -0.4 is 23.7 Å². The normalized spacial score (nSPS) is 23.5. The standard InChI is InChI=1S/C23H27NO3.C22H31NO3.C21H31NO2.C21H29NO2.C20H29NO2S/c1-26-16-23(15-18-8-4-2-5-9-18)17-27-21-14-19(10-11-20(21)23)22(25)24-12-6-3-7-13-24;1-22(15-25-18-8-4-2-5-9-18)16-26-20-14-17(10-11-19(20)22)21(24)23-12-6-3-7-13-23;2*1-3-4-5-7-12-21(2)16-24-19-15-17(10-11-18(19)21)20(23)22-13-8-6-9-14-22;1-3-4-12-24-15-20(2)14-23-18-13-16(8-9-17(18)20)19(22)21-10-6-5-7-11-21/h2,4-5,8-11,14H,3,6-7,12-13,15-17H2,1H3;10-11,14,18H,2-9,12-13,15-16H2,1H3;10-11,15H,3-9,12-14,16H2,1-2H3;5,7,10-11,15H,3-4,6,8-9,12-14,16H2,1-2H3;8-9,13H,3-7,10-12,14-15H2,1-2H3/b;;;7-5+;. The summed E-state index contributed by atoms with van der Waals surface area (Å²) in [6, 6.07) is 40.7. The number of benzene rings is 6. The third-order valence-electron chi connectivity index (χ3n) is 28.1. The van der Waals surface area contributed by atoms with Crippen molar-refractivity contribution in [3.05, 3.63) is 195 Å². The lowest BCUT2D eigenvalue weighted by molar-refractivity contribution is -0.00239. The monoisotopic (exact) mass is 1730 g/mol. The Kier molecular flexibility index (Phi) is 34.4. The lowest BCUT2D eigenvalue weighted by atomic mass is 9.77. The number of methoxy groups -OCH3 is 1. The minimum Gasteiger partial charge on any atom is -0.492 e. The van der Waals surface area contributed by atoms with Crippen LogP contribution in [0.3, 0.4) is 0 Å². The average molecular weight is 1730 g/mol. The minimum atomic E-state index is -0.210. The van der Waals surface area contributed by atoms with Crippen LogP contribution in [-0.2, 0) is 43.0 Å². The number of hydrogen-bond donors (Lipinski definition) is 0. The second-order valence-corrected chi connectivity index (χ2v) is 39.7. The van der Waals surface area contributed by atoms with Crippen LogP contribution in [0.15, 0.2) is 133 Å². The van der Waals surface area contributed by atoms with Gasteiger partial charge in [-0.25, -0.2) is 0 Å². The molecule has 0 radical (unpaired) electrons. The molecular weight excluding hydrogens is 1580 g/mol. The van der Waals surface area contributed by atoms with Gasteiger partial charge in [0, 0.05) is 150 Å². The van der Waals surface area contributed by atoms with Gasteiger partial charge in [0.25, 0.3) is 29.5 Å². The molecule has 10 heterocycles. The molecule has 17 rings (SSSR count). The molecule has 0 bridgehead atoms. The highest BCUT2D eigenvalue weighted by molar-refractivity contribution is 7.99. The molecule has 5 atom stereocenters. The summed E-state index contributed by atoms with van der Waals surface area (Å²) in [5.41, 5.74) is 11.1. The third-order valence-corrected chi connectivity index (χ3v) is 29.5. The largest absolute Gasteiger partial charge is 0.492 e. The van der Waals surface area contributed by atoms with Gasteiger partial charge >= 0.3 is 0 Å². The summed E-state index contributed by atoms with van der Waals surface area (Å²) in [5.74, 6) is 7.45. The third kappa shape index (κ3) is 24.2. The number of thioether (sulfide) groups is 1. The molecule has 6 aromatic carbocycles. The van der Waals surface area contributed by atoms with Gasteiger partial charge in [0.05, 0.1) is 56.6 Å². The number of piperidine rings is 5. The van der Waals surface area contributed by atoms with Gasteiger partial charge in [-0.15, -0.1) is 0 Å². The van der Waals surface area contributed by atoms with E-state index in [4.69, 9.17) is 33.2 Å². The van der Waals surface area contributed by atoms with Crippen LogP contribution in [0, 0.1) is 0 Å². The zero-order chi connectivity index (χ0) is 87.7. The van der Waals surface area contributed by atoms with Crippen LogP contribution in [0.25, 0.3) is 0 Å². The summed E-state index contributed by atoms with van der Waals surface area (Å²) in [4.78, 5) is 73.5. The molecule has 678 valence electrons. The number of hydrogen-bond acceptors (Lipinski definition) is 13. The first-order valence-electron chi connectivity index (χ1n) is 48.5. The molecule has 125 heavy (non-hydrogen) atoms. The van der Waals surface area contributed by atoms with Gasteiger partial charge in [-0.2, -0.15) is 11.8 Å². The Labute approximate surface area is 752 Å². The molecule has 0 spiro atoms. The van der Waals surface area contributed by atoms with E-state index in [1.54, 1.807) is 7.11 Å². The van der Waals surface area contributed by atoms with Crippen molar-refractivity contribution in [3.63, 3.8) is 0 Å². The van der Waals surface area contributed by atoms with Crippen molar-refractivity contribution >= 4 is 41.3 Å². The molecule has 5 amide bonds. The molecule has 6 aromatic rings. The zero-order valence-corrected chi connectivity index (χ0v) is 78.0. The fraction of sp³-hybridized carbons (Fsp3) is 0.598. The predicted octanol–water partition coefficient (Wildman–Crippen LogP) is 22.3. The van der Waals surface area contributed by atoms with Gasteiger partial charge in [-0.05, 0) is 220 Å². The van der Waals surface area contributed by atoms with E-state index < -0.39 is 0 Å². The highest BCUT2D eigenvalue weighted by atomic mass is 32.2. The van der Waals surface area contributed by atoms with Crippen LogP contribution in [0.5, 0.6) is 28.7 Å². The number of carbonyl (C=O) groups excluding carboxylic acids is 5. The number of amides is 5. The number of allylic oxidation sites excluding steroid dienone is 2. The van der Waals surface area contributed by atoms with Crippen molar-refractivity contribution in [2.45, 2.75) is 281 Å². The summed E-state index contributed by atoms with van der Waals surface area (Å²) in [6.45, 7) is 29.2. The number of nitrogens with zero attached hydrogens (tertiary/aromatic N) is 5. The molecule has 18 heteroatoms. The van der Waals surface area contributed by atoms with Crippen LogP contribution in [-0.4, -0.2) is 190 Å². The highest BCUT2D eigenvalue weighted by Gasteiger charge is 2.44. The van der Waals surface area contributed by atoms with Crippen molar-refractivity contribution < 1.29 is 57.1 Å². The smallest absolute Gasteiger partial charge is 0.253 e. The van der Waals surface area contributed by atoms with Crippen molar-refractivity contribution in [1.82, 2.24) is 24.5 Å². The fourth-order valence-electron chi connectivity index (χ4n) is 20.1. The summed E-state index contributed by atoms with van der Waals surface area (Å²) >= 11 is 2.02. The van der Waals surface area contributed by atoms with Crippen molar-refractivity contribution in [3.8, 4) is 28.7 Å². The number of ether oxygens (including phenoxy) is 7. The maximum atomic E-state index is 12.8. The molecule has 10 aliphatic heterocycles. The Hall–Kier alpha value is -8.32. The molecular formula is C107H147N5O12S. The SMILES string of the molecule is CC1(COC2CCCCC2)COc2cc(C(=O)N3CCCCC3)ccc21.CCC/C=C/CC1(C)COc2cc(C(=O)N3CCCCC3)ccc21.CCCCCCC1(C)COc2cc(C(=O)N3CCCCC3)ccc21.CCCCSCC1(C)COc2cc(C(=O)N3CCCCC3)ccc21.COCC1(Cc2ccccc2)COc2cc(C(=O)N3CCCCC3)ccc21. The molecule has 5 saturated heterocycles. The second-order valence-electron chi connectivity index (χ2n) is 38.6. The maximum absolute atomic E-state index is 12.8. The van der Waals surface area contributed by atoms with Crippen molar-refractivity contribution in [1.29, 1.82) is 0 Å². The molecule has 17 nitrogen and oxygen atoms in total. The first-order valence-corrected chi connectivity index (χ1v) is 49.6. The van der Waals surface area contributed by atoms with Crippen molar-refractivity contribution in [2.75, 3.05) is 130 Å². The van der Waals surface area contributed by atoms with E-state index in [0.29, 0.717) is 39.1 Å². The second kappa shape index (κ2) is 45.6. The number of carbonyl (C=O) groups is 5. The van der Waals surface area contributed by atoms with Crippen molar-refractivity contribution in [2.24, 2.45) is 0 Å². The average Bonchev–Trinajstić information content (AvgIpc) is 1.64. The molecule has 6 fully saturated rings.